The fourth-order valence-electron chi connectivity index (χ4n) is 1.95. The topological polar surface area (TPSA) is 24.5 Å². The molecule has 1 aliphatic rings. The first-order valence-electron chi connectivity index (χ1n) is 6.06. The molecule has 0 radical (unpaired) electrons. The third-order valence-corrected chi connectivity index (χ3v) is 3.21. The summed E-state index contributed by atoms with van der Waals surface area (Å²) in [5.41, 5.74) is 0.469. The van der Waals surface area contributed by atoms with Gasteiger partial charge < -0.3 is 15.0 Å². The van der Waals surface area contributed by atoms with Crippen molar-refractivity contribution in [3.8, 4) is 0 Å². The van der Waals surface area contributed by atoms with Crippen molar-refractivity contribution in [3.05, 3.63) is 0 Å². The van der Waals surface area contributed by atoms with Crippen molar-refractivity contribution in [2.45, 2.75) is 26.2 Å². The molecule has 0 bridgehead atoms. The Hall–Kier alpha value is -0.120. The number of hydrogen-bond acceptors (Lipinski definition) is 3. The van der Waals surface area contributed by atoms with Gasteiger partial charge in [0.05, 0.1) is 0 Å². The van der Waals surface area contributed by atoms with Crippen LogP contribution in [-0.4, -0.2) is 51.8 Å². The van der Waals surface area contributed by atoms with Gasteiger partial charge in [0.25, 0.3) is 0 Å². The second-order valence-electron chi connectivity index (χ2n) is 5.26. The van der Waals surface area contributed by atoms with Gasteiger partial charge in [-0.3, -0.25) is 0 Å². The van der Waals surface area contributed by atoms with Crippen LogP contribution in [0.4, 0.5) is 0 Å². The van der Waals surface area contributed by atoms with Gasteiger partial charge in [-0.05, 0) is 51.9 Å². The highest BCUT2D eigenvalue weighted by Gasteiger charge is 2.26. The predicted molar refractivity (Wildman–Crippen MR) is 64.2 cm³/mol. The third-order valence-electron chi connectivity index (χ3n) is 3.21. The summed E-state index contributed by atoms with van der Waals surface area (Å²) in [6.45, 7) is 7.70. The van der Waals surface area contributed by atoms with Gasteiger partial charge in [0.15, 0.2) is 0 Å². The third kappa shape index (κ3) is 5.50. The largest absolute Gasteiger partial charge is 0.381 e. The Bertz CT molecular complexity index is 165. The minimum atomic E-state index is 0.469. The number of nitrogens with zero attached hydrogens (tertiary/aromatic N) is 1. The highest BCUT2D eigenvalue weighted by molar-refractivity contribution is 4.79. The monoisotopic (exact) mass is 214 g/mol. The first-order valence-corrected chi connectivity index (χ1v) is 6.06. The molecule has 3 nitrogen and oxygen atoms in total. The van der Waals surface area contributed by atoms with Crippen molar-refractivity contribution in [2.75, 3.05) is 46.9 Å². The van der Waals surface area contributed by atoms with Crippen molar-refractivity contribution in [1.29, 1.82) is 0 Å². The number of ether oxygens (including phenoxy) is 1. The lowest BCUT2D eigenvalue weighted by molar-refractivity contribution is 0.0241. The lowest BCUT2D eigenvalue weighted by Crippen LogP contribution is -2.37. The number of rotatable bonds is 6. The van der Waals surface area contributed by atoms with Gasteiger partial charge in [0, 0.05) is 19.8 Å². The Balaban J connectivity index is 2.03. The summed E-state index contributed by atoms with van der Waals surface area (Å²) in [6.07, 6.45) is 3.64. The molecule has 0 unspecified atom stereocenters. The maximum absolute atomic E-state index is 5.39. The normalized spacial score (nSPS) is 20.8. The molecule has 1 N–H and O–H groups in total. The summed E-state index contributed by atoms with van der Waals surface area (Å²) in [5.74, 6) is 0. The van der Waals surface area contributed by atoms with E-state index < -0.39 is 0 Å². The average Bonchev–Trinajstić information content (AvgIpc) is 2.17. The fraction of sp³-hybridized carbons (Fsp3) is 1.00. The maximum atomic E-state index is 5.39. The van der Waals surface area contributed by atoms with Crippen LogP contribution < -0.4 is 5.32 Å². The second-order valence-corrected chi connectivity index (χ2v) is 5.26. The zero-order valence-corrected chi connectivity index (χ0v) is 10.5. The maximum Gasteiger partial charge on any atom is 0.0471 e. The molecular weight excluding hydrogens is 188 g/mol. The van der Waals surface area contributed by atoms with Crippen LogP contribution in [0.25, 0.3) is 0 Å². The van der Waals surface area contributed by atoms with Crippen molar-refractivity contribution < 1.29 is 4.74 Å². The van der Waals surface area contributed by atoms with E-state index in [9.17, 15) is 0 Å². The van der Waals surface area contributed by atoms with E-state index in [1.807, 2.05) is 0 Å². The molecule has 0 spiro atoms. The molecule has 0 aliphatic carbocycles. The minimum absolute atomic E-state index is 0.469. The van der Waals surface area contributed by atoms with Crippen molar-refractivity contribution >= 4 is 0 Å². The number of hydrogen-bond donors (Lipinski definition) is 1. The van der Waals surface area contributed by atoms with E-state index in [2.05, 4.69) is 31.2 Å². The minimum Gasteiger partial charge on any atom is -0.381 e. The van der Waals surface area contributed by atoms with E-state index >= 15 is 0 Å². The molecule has 1 aliphatic heterocycles. The van der Waals surface area contributed by atoms with Gasteiger partial charge in [-0.25, -0.2) is 0 Å². The first kappa shape index (κ1) is 12.9. The van der Waals surface area contributed by atoms with Gasteiger partial charge in [-0.2, -0.15) is 0 Å². The van der Waals surface area contributed by atoms with Crippen LogP contribution in [0.15, 0.2) is 0 Å². The Morgan fingerprint density at radius 3 is 2.53 bits per heavy atom. The zero-order chi connectivity index (χ0) is 11.1. The molecule has 3 heteroatoms. The van der Waals surface area contributed by atoms with E-state index in [1.54, 1.807) is 0 Å². The van der Waals surface area contributed by atoms with Gasteiger partial charge in [0.1, 0.15) is 0 Å². The van der Waals surface area contributed by atoms with E-state index in [1.165, 1.54) is 25.8 Å². The summed E-state index contributed by atoms with van der Waals surface area (Å²) in [5, 5.41) is 3.57. The van der Waals surface area contributed by atoms with Crippen LogP contribution >= 0.6 is 0 Å². The first-order chi connectivity index (χ1) is 7.12. The van der Waals surface area contributed by atoms with Crippen molar-refractivity contribution in [3.63, 3.8) is 0 Å². The molecule has 1 rings (SSSR count). The van der Waals surface area contributed by atoms with Gasteiger partial charge in [0.2, 0.25) is 0 Å². The summed E-state index contributed by atoms with van der Waals surface area (Å²) in [4.78, 5) is 2.23. The fourth-order valence-corrected chi connectivity index (χ4v) is 1.95. The Kier molecular flexibility index (Phi) is 5.58. The zero-order valence-electron chi connectivity index (χ0n) is 10.5. The summed E-state index contributed by atoms with van der Waals surface area (Å²) >= 11 is 0. The summed E-state index contributed by atoms with van der Waals surface area (Å²) in [6, 6.07) is 0. The average molecular weight is 214 g/mol. The van der Waals surface area contributed by atoms with E-state index in [0.29, 0.717) is 5.41 Å². The molecule has 0 atom stereocenters. The summed E-state index contributed by atoms with van der Waals surface area (Å²) in [7, 11) is 4.25. The van der Waals surface area contributed by atoms with Crippen LogP contribution in [0.5, 0.6) is 0 Å². The molecule has 1 fully saturated rings. The molecule has 0 aromatic carbocycles. The van der Waals surface area contributed by atoms with Crippen LogP contribution in [0.1, 0.15) is 26.2 Å². The highest BCUT2D eigenvalue weighted by Crippen LogP contribution is 2.28. The van der Waals surface area contributed by atoms with E-state index in [4.69, 9.17) is 4.74 Å². The molecule has 0 amide bonds. The van der Waals surface area contributed by atoms with Crippen LogP contribution in [0.3, 0.4) is 0 Å². The number of nitrogens with one attached hydrogen (secondary N) is 1. The van der Waals surface area contributed by atoms with Crippen LogP contribution in [0.2, 0.25) is 0 Å². The van der Waals surface area contributed by atoms with Crippen LogP contribution in [-0.2, 0) is 4.74 Å². The molecular formula is C12H26N2O. The van der Waals surface area contributed by atoms with Crippen LogP contribution in [0, 0.1) is 5.41 Å². The Morgan fingerprint density at radius 1 is 1.27 bits per heavy atom. The van der Waals surface area contributed by atoms with Gasteiger partial charge in [-0.15, -0.1) is 0 Å². The Labute approximate surface area is 94.2 Å². The molecule has 15 heavy (non-hydrogen) atoms. The van der Waals surface area contributed by atoms with Crippen molar-refractivity contribution in [1.82, 2.24) is 10.2 Å². The van der Waals surface area contributed by atoms with Gasteiger partial charge >= 0.3 is 0 Å². The Morgan fingerprint density at radius 2 is 1.93 bits per heavy atom. The molecule has 1 saturated heterocycles. The van der Waals surface area contributed by atoms with Crippen molar-refractivity contribution in [2.24, 2.45) is 5.41 Å². The molecule has 1 heterocycles. The smallest absolute Gasteiger partial charge is 0.0471 e. The quantitative estimate of drug-likeness (QED) is 0.675. The summed E-state index contributed by atoms with van der Waals surface area (Å²) < 4.78 is 5.39. The standard InChI is InChI=1S/C12H26N2O/c1-12(5-9-15-10-6-12)11-13-7-4-8-14(2)3/h13H,4-11H2,1-3H3. The SMILES string of the molecule is CN(C)CCCNCC1(C)CCOCC1. The predicted octanol–water partition coefficient (Wildman–Crippen LogP) is 1.34. The van der Waals surface area contributed by atoms with Gasteiger partial charge in [-0.1, -0.05) is 6.92 Å². The second kappa shape index (κ2) is 6.46. The molecule has 0 aromatic heterocycles. The molecule has 0 saturated carbocycles. The van der Waals surface area contributed by atoms with E-state index in [-0.39, 0.29) is 0 Å². The van der Waals surface area contributed by atoms with E-state index in [0.717, 1.165) is 26.3 Å². The lowest BCUT2D eigenvalue weighted by atomic mass is 9.82. The molecule has 0 aromatic rings. The highest BCUT2D eigenvalue weighted by atomic mass is 16.5. The lowest BCUT2D eigenvalue weighted by Gasteiger charge is -2.33. The molecule has 90 valence electrons.